The highest BCUT2D eigenvalue weighted by Crippen LogP contribution is 2.19. The van der Waals surface area contributed by atoms with Crippen LogP contribution in [0, 0.1) is 0 Å². The molecule has 1 aromatic carbocycles. The Morgan fingerprint density at radius 2 is 2.00 bits per heavy atom. The maximum atomic E-state index is 12.0. The Hall–Kier alpha value is -1.88. The van der Waals surface area contributed by atoms with Crippen LogP contribution in [0.1, 0.15) is 37.4 Å². The van der Waals surface area contributed by atoms with Gasteiger partial charge in [0.25, 0.3) is 0 Å². The number of hydrogen-bond donors (Lipinski definition) is 1. The van der Waals surface area contributed by atoms with Gasteiger partial charge in [-0.3, -0.25) is 4.79 Å². The van der Waals surface area contributed by atoms with Crippen LogP contribution in [0.2, 0.25) is 5.02 Å². The van der Waals surface area contributed by atoms with Gasteiger partial charge in [-0.25, -0.2) is 0 Å². The summed E-state index contributed by atoms with van der Waals surface area (Å²) in [5.41, 5.74) is 6.54. The number of nitrogen functional groups attached to an aromatic ring is 1. The van der Waals surface area contributed by atoms with Crippen LogP contribution in [0.3, 0.4) is 0 Å². The molecule has 0 saturated carbocycles. The molecule has 6 heteroatoms. The van der Waals surface area contributed by atoms with E-state index in [1.807, 2.05) is 0 Å². The number of hydrogen-bond acceptors (Lipinski definition) is 4. The summed E-state index contributed by atoms with van der Waals surface area (Å²) in [5, 5.41) is 4.81. The van der Waals surface area contributed by atoms with E-state index < -0.39 is 0 Å². The van der Waals surface area contributed by atoms with Crippen LogP contribution in [-0.2, 0) is 0 Å². The van der Waals surface area contributed by atoms with E-state index >= 15 is 0 Å². The van der Waals surface area contributed by atoms with E-state index in [4.69, 9.17) is 17.3 Å². The van der Waals surface area contributed by atoms with E-state index in [0.29, 0.717) is 17.3 Å². The minimum absolute atomic E-state index is 0.122. The Morgan fingerprint density at radius 3 is 2.65 bits per heavy atom. The molecule has 2 aromatic rings. The topological polar surface area (TPSA) is 73.8 Å². The average Bonchev–Trinajstić information content (AvgIpc) is 2.82. The van der Waals surface area contributed by atoms with Gasteiger partial charge >= 0.3 is 0 Å². The van der Waals surface area contributed by atoms with Crippen molar-refractivity contribution in [2.24, 2.45) is 0 Å². The Morgan fingerprint density at radius 1 is 1.30 bits per heavy atom. The van der Waals surface area contributed by atoms with E-state index in [1.54, 1.807) is 24.3 Å². The van der Waals surface area contributed by atoms with Gasteiger partial charge in [-0.2, -0.15) is 9.67 Å². The third-order valence-electron chi connectivity index (χ3n) is 2.97. The van der Waals surface area contributed by atoms with Crippen LogP contribution in [0.4, 0.5) is 5.95 Å². The lowest BCUT2D eigenvalue weighted by Gasteiger charge is -2.00. The maximum Gasteiger partial charge on any atom is 0.250 e. The van der Waals surface area contributed by atoms with Crippen molar-refractivity contribution in [2.75, 3.05) is 5.73 Å². The van der Waals surface area contributed by atoms with Crippen LogP contribution >= 0.6 is 11.6 Å². The standard InChI is InChI=1S/C14H17ClN4O/c1-2-3-4-5-12(20)19-14(16)17-13(18-19)10-6-8-11(15)9-7-10/h6-9H,2-5H2,1H3,(H2,16,17,18). The molecule has 1 heterocycles. The first-order chi connectivity index (χ1) is 9.61. The highest BCUT2D eigenvalue weighted by atomic mass is 35.5. The second kappa shape index (κ2) is 6.52. The van der Waals surface area contributed by atoms with Crippen molar-refractivity contribution < 1.29 is 4.79 Å². The fourth-order valence-electron chi connectivity index (χ4n) is 1.86. The number of carbonyl (C=O) groups excluding carboxylic acids is 1. The van der Waals surface area contributed by atoms with Gasteiger partial charge < -0.3 is 5.73 Å². The normalized spacial score (nSPS) is 10.7. The summed E-state index contributed by atoms with van der Waals surface area (Å²) in [6.07, 6.45) is 3.35. The third-order valence-corrected chi connectivity index (χ3v) is 3.22. The molecule has 2 rings (SSSR count). The van der Waals surface area contributed by atoms with Crippen molar-refractivity contribution in [1.29, 1.82) is 0 Å². The SMILES string of the molecule is CCCCCC(=O)n1nc(-c2ccc(Cl)cc2)nc1N. The van der Waals surface area contributed by atoms with E-state index in [1.165, 1.54) is 4.68 Å². The monoisotopic (exact) mass is 292 g/mol. The van der Waals surface area contributed by atoms with E-state index in [2.05, 4.69) is 17.0 Å². The Labute approximate surface area is 122 Å². The number of benzene rings is 1. The van der Waals surface area contributed by atoms with Crippen molar-refractivity contribution in [3.63, 3.8) is 0 Å². The molecule has 0 amide bonds. The van der Waals surface area contributed by atoms with Crippen molar-refractivity contribution in [1.82, 2.24) is 14.8 Å². The summed E-state index contributed by atoms with van der Waals surface area (Å²) < 4.78 is 1.18. The number of halogens is 1. The van der Waals surface area contributed by atoms with Crippen LogP contribution in [0.25, 0.3) is 11.4 Å². The molecule has 0 spiro atoms. The first-order valence-electron chi connectivity index (χ1n) is 6.63. The molecule has 0 radical (unpaired) electrons. The lowest BCUT2D eigenvalue weighted by molar-refractivity contribution is 0.0886. The molecule has 0 atom stereocenters. The smallest absolute Gasteiger partial charge is 0.250 e. The molecule has 5 nitrogen and oxygen atoms in total. The molecule has 0 aliphatic rings. The zero-order valence-corrected chi connectivity index (χ0v) is 12.1. The summed E-state index contributed by atoms with van der Waals surface area (Å²) in [6.45, 7) is 2.09. The number of anilines is 1. The number of rotatable bonds is 5. The molecule has 20 heavy (non-hydrogen) atoms. The van der Waals surface area contributed by atoms with Crippen molar-refractivity contribution in [3.8, 4) is 11.4 Å². The fraction of sp³-hybridized carbons (Fsp3) is 0.357. The van der Waals surface area contributed by atoms with Crippen molar-refractivity contribution in [2.45, 2.75) is 32.6 Å². The zero-order valence-electron chi connectivity index (χ0n) is 11.3. The van der Waals surface area contributed by atoms with Gasteiger partial charge in [0.1, 0.15) is 0 Å². The summed E-state index contributed by atoms with van der Waals surface area (Å²) in [7, 11) is 0. The molecular weight excluding hydrogens is 276 g/mol. The number of nitrogens with zero attached hydrogens (tertiary/aromatic N) is 3. The summed E-state index contributed by atoms with van der Waals surface area (Å²) in [4.78, 5) is 16.1. The van der Waals surface area contributed by atoms with Crippen molar-refractivity contribution >= 4 is 23.5 Å². The van der Waals surface area contributed by atoms with Gasteiger partial charge in [-0.1, -0.05) is 31.4 Å². The number of aromatic nitrogens is 3. The lowest BCUT2D eigenvalue weighted by atomic mass is 10.2. The second-order valence-electron chi connectivity index (χ2n) is 4.56. The summed E-state index contributed by atoms with van der Waals surface area (Å²) in [5.74, 6) is 0.433. The number of carbonyl (C=O) groups is 1. The van der Waals surface area contributed by atoms with E-state index in [0.717, 1.165) is 24.8 Å². The third kappa shape index (κ3) is 3.36. The predicted molar refractivity (Wildman–Crippen MR) is 79.6 cm³/mol. The van der Waals surface area contributed by atoms with Crippen molar-refractivity contribution in [3.05, 3.63) is 29.3 Å². The minimum Gasteiger partial charge on any atom is -0.368 e. The highest BCUT2D eigenvalue weighted by Gasteiger charge is 2.14. The first kappa shape index (κ1) is 14.5. The predicted octanol–water partition coefficient (Wildman–Crippen LogP) is 3.40. The van der Waals surface area contributed by atoms with Gasteiger partial charge in [0, 0.05) is 17.0 Å². The molecule has 0 fully saturated rings. The Bertz CT molecular complexity index is 592. The zero-order chi connectivity index (χ0) is 14.5. The van der Waals surface area contributed by atoms with Crippen LogP contribution in [0.5, 0.6) is 0 Å². The Kier molecular flexibility index (Phi) is 4.74. The van der Waals surface area contributed by atoms with Gasteiger partial charge in [0.2, 0.25) is 11.9 Å². The molecule has 2 N–H and O–H groups in total. The molecule has 0 aliphatic carbocycles. The first-order valence-corrected chi connectivity index (χ1v) is 7.01. The largest absolute Gasteiger partial charge is 0.368 e. The van der Waals surface area contributed by atoms with Crippen LogP contribution in [0.15, 0.2) is 24.3 Å². The van der Waals surface area contributed by atoms with Gasteiger partial charge in [-0.15, -0.1) is 5.10 Å². The number of unbranched alkanes of at least 4 members (excludes halogenated alkanes) is 2. The quantitative estimate of drug-likeness (QED) is 0.857. The lowest BCUT2D eigenvalue weighted by Crippen LogP contribution is -2.15. The van der Waals surface area contributed by atoms with Crippen LogP contribution in [-0.4, -0.2) is 20.7 Å². The van der Waals surface area contributed by atoms with Gasteiger partial charge in [0.05, 0.1) is 0 Å². The fourth-order valence-corrected chi connectivity index (χ4v) is 1.99. The molecule has 0 unspecified atom stereocenters. The minimum atomic E-state index is -0.122. The average molecular weight is 293 g/mol. The van der Waals surface area contributed by atoms with Gasteiger partial charge in [0.15, 0.2) is 5.82 Å². The van der Waals surface area contributed by atoms with Crippen LogP contribution < -0.4 is 5.73 Å². The maximum absolute atomic E-state index is 12.0. The van der Waals surface area contributed by atoms with Gasteiger partial charge in [-0.05, 0) is 30.7 Å². The summed E-state index contributed by atoms with van der Waals surface area (Å²) >= 11 is 5.83. The number of nitrogens with two attached hydrogens (primary N) is 1. The molecule has 0 saturated heterocycles. The molecule has 106 valence electrons. The summed E-state index contributed by atoms with van der Waals surface area (Å²) in [6, 6.07) is 7.08. The van der Waals surface area contributed by atoms with E-state index in [-0.39, 0.29) is 11.9 Å². The second-order valence-corrected chi connectivity index (χ2v) is 5.00. The molecule has 0 aliphatic heterocycles. The molecular formula is C14H17ClN4O. The highest BCUT2D eigenvalue weighted by molar-refractivity contribution is 6.30. The van der Waals surface area contributed by atoms with E-state index in [9.17, 15) is 4.79 Å². The molecule has 0 bridgehead atoms. The Balaban J connectivity index is 2.16. The molecule has 1 aromatic heterocycles.